The van der Waals surface area contributed by atoms with Gasteiger partial charge in [0.25, 0.3) is 0 Å². The smallest absolute Gasteiger partial charge is 0.222 e. The molecule has 58 valence electrons. The Morgan fingerprint density at radius 1 is 1.70 bits per heavy atom. The van der Waals surface area contributed by atoms with Crippen molar-refractivity contribution in [1.29, 1.82) is 0 Å². The van der Waals surface area contributed by atoms with Crippen molar-refractivity contribution < 1.29 is 4.79 Å². The number of likely N-dealkylation sites (tertiary alicyclic amines) is 1. The topological polar surface area (TPSA) is 20.3 Å². The molecule has 2 heteroatoms. The molecule has 1 heterocycles. The number of hydrogen-bond donors (Lipinski definition) is 0. The van der Waals surface area contributed by atoms with Crippen molar-refractivity contribution >= 4 is 5.91 Å². The van der Waals surface area contributed by atoms with E-state index in [1.54, 1.807) is 0 Å². The van der Waals surface area contributed by atoms with Gasteiger partial charge in [-0.15, -0.1) is 0 Å². The summed E-state index contributed by atoms with van der Waals surface area (Å²) in [5.74, 6) is 1.06. The second kappa shape index (κ2) is 3.04. The summed E-state index contributed by atoms with van der Waals surface area (Å²) in [7, 11) is 1.89. The number of hydrogen-bond acceptors (Lipinski definition) is 1. The van der Waals surface area contributed by atoms with E-state index in [1.165, 1.54) is 6.42 Å². The van der Waals surface area contributed by atoms with Crippen LogP contribution < -0.4 is 0 Å². The minimum atomic E-state index is 0.310. The lowest BCUT2D eigenvalue weighted by molar-refractivity contribution is -0.133. The van der Waals surface area contributed by atoms with Crippen LogP contribution in [0.15, 0.2) is 0 Å². The summed E-state index contributed by atoms with van der Waals surface area (Å²) in [5.41, 5.74) is 0. The van der Waals surface area contributed by atoms with Crippen molar-refractivity contribution in [3.05, 3.63) is 0 Å². The van der Waals surface area contributed by atoms with Crippen LogP contribution in [0, 0.1) is 5.92 Å². The summed E-state index contributed by atoms with van der Waals surface area (Å²) < 4.78 is 0. The highest BCUT2D eigenvalue weighted by molar-refractivity contribution is 5.76. The first kappa shape index (κ1) is 7.58. The molecular formula is C8H15NO. The molecule has 0 aromatic heterocycles. The fourth-order valence-electron chi connectivity index (χ4n) is 1.43. The van der Waals surface area contributed by atoms with Gasteiger partial charge in [0.2, 0.25) is 5.91 Å². The molecule has 1 fully saturated rings. The van der Waals surface area contributed by atoms with Crippen molar-refractivity contribution in [2.45, 2.75) is 26.2 Å². The highest BCUT2D eigenvalue weighted by Crippen LogP contribution is 2.18. The molecule has 1 aliphatic heterocycles. The summed E-state index contributed by atoms with van der Waals surface area (Å²) >= 11 is 0. The van der Waals surface area contributed by atoms with E-state index >= 15 is 0 Å². The molecule has 0 saturated carbocycles. The zero-order valence-corrected chi connectivity index (χ0v) is 6.76. The summed E-state index contributed by atoms with van der Waals surface area (Å²) in [6.45, 7) is 3.16. The molecule has 0 aliphatic carbocycles. The molecule has 0 spiro atoms. The molecule has 0 bridgehead atoms. The van der Waals surface area contributed by atoms with Crippen molar-refractivity contribution in [3.63, 3.8) is 0 Å². The van der Waals surface area contributed by atoms with Crippen LogP contribution in [0.25, 0.3) is 0 Å². The fraction of sp³-hybridized carbons (Fsp3) is 0.875. The monoisotopic (exact) mass is 141 g/mol. The molecule has 1 amide bonds. The van der Waals surface area contributed by atoms with E-state index in [9.17, 15) is 4.79 Å². The van der Waals surface area contributed by atoms with E-state index < -0.39 is 0 Å². The lowest BCUT2D eigenvalue weighted by Gasteiger charge is -2.28. The van der Waals surface area contributed by atoms with Gasteiger partial charge in [0, 0.05) is 20.0 Å². The second-order valence-electron chi connectivity index (χ2n) is 3.09. The van der Waals surface area contributed by atoms with Crippen molar-refractivity contribution in [2.24, 2.45) is 5.92 Å². The van der Waals surface area contributed by atoms with Crippen LogP contribution in [0.4, 0.5) is 0 Å². The molecule has 1 unspecified atom stereocenters. The highest BCUT2D eigenvalue weighted by Gasteiger charge is 2.20. The van der Waals surface area contributed by atoms with Gasteiger partial charge in [-0.2, -0.15) is 0 Å². The van der Waals surface area contributed by atoms with Gasteiger partial charge in [-0.25, -0.2) is 0 Å². The summed E-state index contributed by atoms with van der Waals surface area (Å²) in [6, 6.07) is 0. The van der Waals surface area contributed by atoms with Crippen LogP contribution in [0.1, 0.15) is 26.2 Å². The van der Waals surface area contributed by atoms with Crippen LogP contribution in [0.3, 0.4) is 0 Å². The largest absolute Gasteiger partial charge is 0.345 e. The Kier molecular flexibility index (Phi) is 2.30. The molecule has 1 atom stereocenters. The fourth-order valence-corrected chi connectivity index (χ4v) is 1.43. The average molecular weight is 141 g/mol. The summed E-state index contributed by atoms with van der Waals surface area (Å²) in [6.07, 6.45) is 3.06. The number of carbonyl (C=O) groups is 1. The van der Waals surface area contributed by atoms with Gasteiger partial charge in [-0.1, -0.05) is 13.3 Å². The maximum Gasteiger partial charge on any atom is 0.222 e. The lowest BCUT2D eigenvalue weighted by atomic mass is 9.96. The number of carbonyl (C=O) groups excluding carboxylic acids is 1. The number of amides is 1. The van der Waals surface area contributed by atoms with Crippen LogP contribution in [0.5, 0.6) is 0 Å². The van der Waals surface area contributed by atoms with E-state index in [0.29, 0.717) is 5.91 Å². The van der Waals surface area contributed by atoms with Gasteiger partial charge in [0.05, 0.1) is 0 Å². The first-order chi connectivity index (χ1) is 4.74. The van der Waals surface area contributed by atoms with E-state index in [-0.39, 0.29) is 0 Å². The number of nitrogens with zero attached hydrogens (tertiary/aromatic N) is 1. The molecule has 1 rings (SSSR count). The molecule has 0 aromatic carbocycles. The average Bonchev–Trinajstić information content (AvgIpc) is 1.95. The van der Waals surface area contributed by atoms with Crippen LogP contribution >= 0.6 is 0 Å². The SMILES string of the molecule is CCC1CCC(=O)N(C)C1. The minimum absolute atomic E-state index is 0.310. The van der Waals surface area contributed by atoms with Gasteiger partial charge in [0.15, 0.2) is 0 Å². The quantitative estimate of drug-likeness (QED) is 0.538. The van der Waals surface area contributed by atoms with Crippen LogP contribution in [-0.4, -0.2) is 24.4 Å². The van der Waals surface area contributed by atoms with Gasteiger partial charge >= 0.3 is 0 Å². The van der Waals surface area contributed by atoms with Crippen LogP contribution in [0.2, 0.25) is 0 Å². The first-order valence-electron chi connectivity index (χ1n) is 3.98. The summed E-state index contributed by atoms with van der Waals surface area (Å²) in [5, 5.41) is 0. The Morgan fingerprint density at radius 3 is 2.90 bits per heavy atom. The van der Waals surface area contributed by atoms with Gasteiger partial charge in [-0.3, -0.25) is 4.79 Å². The number of rotatable bonds is 1. The van der Waals surface area contributed by atoms with Crippen molar-refractivity contribution in [2.75, 3.05) is 13.6 Å². The van der Waals surface area contributed by atoms with Crippen molar-refractivity contribution in [3.8, 4) is 0 Å². The number of piperidine rings is 1. The minimum Gasteiger partial charge on any atom is -0.345 e. The second-order valence-corrected chi connectivity index (χ2v) is 3.09. The van der Waals surface area contributed by atoms with Crippen molar-refractivity contribution in [1.82, 2.24) is 4.90 Å². The van der Waals surface area contributed by atoms with E-state index in [4.69, 9.17) is 0 Å². The predicted molar refractivity (Wildman–Crippen MR) is 40.7 cm³/mol. The van der Waals surface area contributed by atoms with Crippen LogP contribution in [-0.2, 0) is 4.79 Å². The van der Waals surface area contributed by atoms with E-state index in [1.807, 2.05) is 11.9 Å². The Hall–Kier alpha value is -0.530. The third-order valence-electron chi connectivity index (χ3n) is 2.30. The predicted octanol–water partition coefficient (Wildman–Crippen LogP) is 1.26. The molecule has 2 nitrogen and oxygen atoms in total. The molecule has 1 saturated heterocycles. The third kappa shape index (κ3) is 1.49. The maximum atomic E-state index is 11.0. The molecule has 0 aromatic rings. The normalized spacial score (nSPS) is 27.2. The maximum absolute atomic E-state index is 11.0. The Balaban J connectivity index is 2.40. The molecular weight excluding hydrogens is 126 g/mol. The standard InChI is InChI=1S/C8H15NO/c1-3-7-4-5-8(10)9(2)6-7/h7H,3-6H2,1-2H3. The van der Waals surface area contributed by atoms with Gasteiger partial charge in [-0.05, 0) is 12.3 Å². The molecule has 0 radical (unpaired) electrons. The zero-order valence-electron chi connectivity index (χ0n) is 6.76. The van der Waals surface area contributed by atoms with Gasteiger partial charge < -0.3 is 4.90 Å². The Morgan fingerprint density at radius 2 is 2.40 bits per heavy atom. The Bertz CT molecular complexity index is 133. The first-order valence-corrected chi connectivity index (χ1v) is 3.98. The summed E-state index contributed by atoms with van der Waals surface area (Å²) in [4.78, 5) is 12.8. The third-order valence-corrected chi connectivity index (χ3v) is 2.30. The lowest BCUT2D eigenvalue weighted by Crippen LogP contribution is -2.36. The molecule has 0 N–H and O–H groups in total. The molecule has 1 aliphatic rings. The Labute approximate surface area is 62.2 Å². The highest BCUT2D eigenvalue weighted by atomic mass is 16.2. The van der Waals surface area contributed by atoms with Gasteiger partial charge in [0.1, 0.15) is 0 Å². The van der Waals surface area contributed by atoms with E-state index in [2.05, 4.69) is 6.92 Å². The molecule has 10 heavy (non-hydrogen) atoms. The van der Waals surface area contributed by atoms with E-state index in [0.717, 1.165) is 25.3 Å². The zero-order chi connectivity index (χ0) is 7.56.